The van der Waals surface area contributed by atoms with E-state index in [-0.39, 0.29) is 29.3 Å². The van der Waals surface area contributed by atoms with Gasteiger partial charge in [0.1, 0.15) is 5.60 Å². The van der Waals surface area contributed by atoms with Crippen molar-refractivity contribution in [3.05, 3.63) is 46.5 Å². The minimum absolute atomic E-state index is 0.0210. The van der Waals surface area contributed by atoms with Crippen LogP contribution in [0.3, 0.4) is 0 Å². The van der Waals surface area contributed by atoms with Crippen molar-refractivity contribution in [2.24, 2.45) is 0 Å². The largest absolute Gasteiger partial charge is 0.469 e. The number of methoxy groups -OCH3 is 1. The third-order valence-electron chi connectivity index (χ3n) is 4.40. The van der Waals surface area contributed by atoms with Gasteiger partial charge in [-0.1, -0.05) is 31.2 Å². The van der Waals surface area contributed by atoms with E-state index in [1.807, 2.05) is 25.2 Å². The van der Waals surface area contributed by atoms with Crippen LogP contribution in [-0.4, -0.2) is 52.0 Å². The molecule has 0 aromatic rings. The van der Waals surface area contributed by atoms with Crippen LogP contribution in [0.25, 0.3) is 0 Å². The van der Waals surface area contributed by atoms with Crippen LogP contribution in [-0.2, 0) is 14.3 Å². The van der Waals surface area contributed by atoms with Crippen LogP contribution in [0.1, 0.15) is 45.4 Å². The zero-order valence-corrected chi connectivity index (χ0v) is 17.9. The molecule has 6 nitrogen and oxygen atoms in total. The first-order valence-electron chi connectivity index (χ1n) is 9.35. The molecule has 3 N–H and O–H groups in total. The molecule has 0 aromatic heterocycles. The van der Waals surface area contributed by atoms with Gasteiger partial charge < -0.3 is 20.1 Å². The maximum Gasteiger partial charge on any atom is 0.305 e. The fourth-order valence-corrected chi connectivity index (χ4v) is 3.37. The molecule has 1 aliphatic carbocycles. The molecule has 0 aromatic carbocycles. The zero-order valence-electron chi connectivity index (χ0n) is 16.3. The van der Waals surface area contributed by atoms with Crippen LogP contribution < -0.4 is 0 Å². The molecule has 156 valence electrons. The normalized spacial score (nSPS) is 23.6. The predicted molar refractivity (Wildman–Crippen MR) is 111 cm³/mol. The van der Waals surface area contributed by atoms with E-state index in [1.54, 1.807) is 6.08 Å². The van der Waals surface area contributed by atoms with Crippen molar-refractivity contribution in [2.75, 3.05) is 7.11 Å². The van der Waals surface area contributed by atoms with Gasteiger partial charge in [0.05, 0.1) is 23.8 Å². The first-order chi connectivity index (χ1) is 13.2. The number of rotatable bonds is 11. The molecule has 3 atom stereocenters. The van der Waals surface area contributed by atoms with Crippen LogP contribution >= 0.6 is 15.9 Å². The second kappa shape index (κ2) is 12.1. The van der Waals surface area contributed by atoms with Crippen molar-refractivity contribution in [2.45, 2.75) is 63.3 Å². The maximum atomic E-state index is 12.4. The van der Waals surface area contributed by atoms with Crippen molar-refractivity contribution in [3.8, 4) is 0 Å². The van der Waals surface area contributed by atoms with Gasteiger partial charge in [0, 0.05) is 18.4 Å². The van der Waals surface area contributed by atoms with Crippen LogP contribution in [0, 0.1) is 0 Å². The zero-order chi connectivity index (χ0) is 21.2. The fourth-order valence-electron chi connectivity index (χ4n) is 2.78. The summed E-state index contributed by atoms with van der Waals surface area (Å²) in [6.45, 7) is 2.04. The Morgan fingerprint density at radius 1 is 1.29 bits per heavy atom. The molecule has 0 saturated heterocycles. The quantitative estimate of drug-likeness (QED) is 0.251. The van der Waals surface area contributed by atoms with Crippen LogP contribution in [0.15, 0.2) is 46.5 Å². The number of carbonyl (C=O) groups is 2. The number of allylic oxidation sites excluding steroid dienone is 4. The lowest BCUT2D eigenvalue weighted by Gasteiger charge is -2.23. The number of esters is 1. The van der Waals surface area contributed by atoms with E-state index in [9.17, 15) is 24.9 Å². The van der Waals surface area contributed by atoms with Gasteiger partial charge in [-0.25, -0.2) is 0 Å². The number of aliphatic hydroxyl groups excluding tert-OH is 2. The van der Waals surface area contributed by atoms with E-state index in [2.05, 4.69) is 20.7 Å². The summed E-state index contributed by atoms with van der Waals surface area (Å²) < 4.78 is 4.74. The lowest BCUT2D eigenvalue weighted by molar-refractivity contribution is -0.140. The molecule has 1 aliphatic rings. The van der Waals surface area contributed by atoms with Crippen molar-refractivity contribution in [1.29, 1.82) is 0 Å². The van der Waals surface area contributed by atoms with Crippen molar-refractivity contribution in [3.63, 3.8) is 0 Å². The molecule has 0 spiro atoms. The number of hydrogen-bond donors (Lipinski definition) is 3. The fraction of sp³-hybridized carbons (Fsp3) is 0.524. The van der Waals surface area contributed by atoms with E-state index in [0.717, 1.165) is 12.8 Å². The third-order valence-corrected chi connectivity index (χ3v) is 4.99. The number of ether oxygens (including phenoxy) is 1. The predicted octanol–water partition coefficient (Wildman–Crippen LogP) is 2.87. The highest BCUT2D eigenvalue weighted by molar-refractivity contribution is 9.12. The molecule has 7 heteroatoms. The summed E-state index contributed by atoms with van der Waals surface area (Å²) in [5.41, 5.74) is -1.53. The Hall–Kier alpha value is -1.54. The van der Waals surface area contributed by atoms with Gasteiger partial charge in [-0.2, -0.15) is 0 Å². The number of carbonyl (C=O) groups excluding carboxylic acids is 2. The van der Waals surface area contributed by atoms with Gasteiger partial charge in [0.15, 0.2) is 5.78 Å². The number of halogens is 1. The topological polar surface area (TPSA) is 104 Å². The molecule has 1 rings (SSSR count). The number of aliphatic hydroxyl groups is 3. The highest BCUT2D eigenvalue weighted by atomic mass is 79.9. The summed E-state index contributed by atoms with van der Waals surface area (Å²) in [5, 5.41) is 31.2. The molecule has 28 heavy (non-hydrogen) atoms. The van der Waals surface area contributed by atoms with Crippen LogP contribution in [0.5, 0.6) is 0 Å². The Bertz CT molecular complexity index is 664. The molecule has 0 fully saturated rings. The highest BCUT2D eigenvalue weighted by Gasteiger charge is 2.41. The molecule has 0 bridgehead atoms. The van der Waals surface area contributed by atoms with E-state index < -0.39 is 29.6 Å². The summed E-state index contributed by atoms with van der Waals surface area (Å²) in [6.07, 6.45) is 10.3. The molecule has 0 radical (unpaired) electrons. The van der Waals surface area contributed by atoms with Gasteiger partial charge >= 0.3 is 5.97 Å². The summed E-state index contributed by atoms with van der Waals surface area (Å²) >= 11 is 3.14. The second-order valence-electron chi connectivity index (χ2n) is 6.64. The third kappa shape index (κ3) is 7.47. The number of Topliss-reactive ketones (excluding diaryl/α,β-unsaturated/α-hetero) is 1. The van der Waals surface area contributed by atoms with E-state index in [0.29, 0.717) is 6.42 Å². The van der Waals surface area contributed by atoms with Gasteiger partial charge in [0.2, 0.25) is 0 Å². The van der Waals surface area contributed by atoms with E-state index in [4.69, 9.17) is 0 Å². The molecular formula is C21H29BrO6. The first-order valence-corrected chi connectivity index (χ1v) is 10.1. The van der Waals surface area contributed by atoms with Gasteiger partial charge in [-0.15, -0.1) is 0 Å². The van der Waals surface area contributed by atoms with Crippen molar-refractivity contribution < 1.29 is 29.6 Å². The lowest BCUT2D eigenvalue weighted by atomic mass is 9.90. The van der Waals surface area contributed by atoms with E-state index >= 15 is 0 Å². The number of ketones is 1. The van der Waals surface area contributed by atoms with Crippen molar-refractivity contribution >= 4 is 27.7 Å². The Morgan fingerprint density at radius 3 is 2.61 bits per heavy atom. The van der Waals surface area contributed by atoms with Crippen LogP contribution in [0.4, 0.5) is 0 Å². The van der Waals surface area contributed by atoms with Crippen LogP contribution in [0.2, 0.25) is 0 Å². The first kappa shape index (κ1) is 24.5. The maximum absolute atomic E-state index is 12.4. The summed E-state index contributed by atoms with van der Waals surface area (Å²) in [5.74, 6) is -0.823. The molecule has 0 heterocycles. The Labute approximate surface area is 174 Å². The Kier molecular flexibility index (Phi) is 10.6. The smallest absolute Gasteiger partial charge is 0.305 e. The average molecular weight is 457 g/mol. The Balaban J connectivity index is 2.78. The number of hydrogen-bond acceptors (Lipinski definition) is 6. The summed E-state index contributed by atoms with van der Waals surface area (Å²) in [4.78, 5) is 23.5. The van der Waals surface area contributed by atoms with Crippen molar-refractivity contribution in [1.82, 2.24) is 0 Å². The SMILES string of the molecule is CC/C=C\C/C=C\C[C@@]1(O)C=C(Br)C(=O)C1=C[C@H](O)[C@@H](O)CCCC(=O)OC. The van der Waals surface area contributed by atoms with Gasteiger partial charge in [0.25, 0.3) is 0 Å². The summed E-state index contributed by atoms with van der Waals surface area (Å²) in [6, 6.07) is 0. The second-order valence-corrected chi connectivity index (χ2v) is 7.50. The monoisotopic (exact) mass is 456 g/mol. The van der Waals surface area contributed by atoms with Gasteiger partial charge in [-0.05, 0) is 53.8 Å². The molecule has 0 saturated carbocycles. The van der Waals surface area contributed by atoms with Gasteiger partial charge in [-0.3, -0.25) is 9.59 Å². The average Bonchev–Trinajstić information content (AvgIpc) is 2.87. The Morgan fingerprint density at radius 2 is 1.96 bits per heavy atom. The standard InChI is InChI=1S/C21H29BrO6/c1-3-4-5-6-7-8-12-21(27)14-16(22)20(26)15(21)13-18(24)17(23)10-9-11-19(25)28-2/h4-5,7-8,13-14,17-18,23-24,27H,3,6,9-12H2,1-2H3/b5-4-,8-7-,15-13?/t17-,18-,21+/m0/s1. The van der Waals surface area contributed by atoms with E-state index in [1.165, 1.54) is 19.3 Å². The molecule has 0 amide bonds. The summed E-state index contributed by atoms with van der Waals surface area (Å²) in [7, 11) is 1.28. The minimum atomic E-state index is -1.55. The lowest BCUT2D eigenvalue weighted by Crippen LogP contribution is -2.31. The molecular weight excluding hydrogens is 428 g/mol. The minimum Gasteiger partial charge on any atom is -0.469 e. The molecule has 0 aliphatic heterocycles. The highest BCUT2D eigenvalue weighted by Crippen LogP contribution is 2.37. The molecule has 0 unspecified atom stereocenters.